The Morgan fingerprint density at radius 1 is 0.767 bits per heavy atom. The van der Waals surface area contributed by atoms with Crippen LogP contribution in [0.2, 0.25) is 0 Å². The van der Waals surface area contributed by atoms with Crippen LogP contribution >= 0.6 is 0 Å². The molecule has 0 atom stereocenters. The molecule has 0 bridgehead atoms. The predicted octanol–water partition coefficient (Wildman–Crippen LogP) is 7.82. The normalized spacial score (nSPS) is 11.2. The Bertz CT molecular complexity index is 541. The van der Waals surface area contributed by atoms with Crippen LogP contribution in [0.3, 0.4) is 0 Å². The first-order valence-corrected chi connectivity index (χ1v) is 12.7. The van der Waals surface area contributed by atoms with Crippen LogP contribution in [-0.4, -0.2) is 19.0 Å². The zero-order chi connectivity index (χ0) is 21.9. The Kier molecular flexibility index (Phi) is 16.4. The van der Waals surface area contributed by atoms with E-state index in [9.17, 15) is 4.79 Å². The Balaban J connectivity index is 1.89. The van der Waals surface area contributed by atoms with Gasteiger partial charge in [-0.3, -0.25) is 4.79 Å². The van der Waals surface area contributed by atoms with Gasteiger partial charge in [-0.1, -0.05) is 122 Å². The quantitative estimate of drug-likeness (QED) is 0.226. The average Bonchev–Trinajstić information content (AvgIpc) is 2.73. The summed E-state index contributed by atoms with van der Waals surface area (Å²) in [6.45, 7) is 7.91. The molecule has 0 saturated heterocycles. The first-order chi connectivity index (χ1) is 14.6. The summed E-state index contributed by atoms with van der Waals surface area (Å²) in [7, 11) is 0. The fraction of sp³-hybridized carbons (Fsp3) is 0.741. The number of rotatable bonds is 19. The molecule has 0 fully saturated rings. The summed E-state index contributed by atoms with van der Waals surface area (Å²) in [6.07, 6.45) is 19.3. The van der Waals surface area contributed by atoms with E-state index in [0.717, 1.165) is 18.7 Å². The number of amides is 1. The molecule has 0 aliphatic heterocycles. The van der Waals surface area contributed by atoms with Crippen molar-refractivity contribution in [3.8, 4) is 0 Å². The van der Waals surface area contributed by atoms with Gasteiger partial charge < -0.3 is 10.6 Å². The summed E-state index contributed by atoms with van der Waals surface area (Å²) in [5, 5.41) is 6.33. The summed E-state index contributed by atoms with van der Waals surface area (Å²) in [6, 6.07) is 8.08. The van der Waals surface area contributed by atoms with Crippen LogP contribution in [0.5, 0.6) is 0 Å². The third-order valence-corrected chi connectivity index (χ3v) is 5.85. The molecule has 3 nitrogen and oxygen atoms in total. The maximum atomic E-state index is 12.2. The van der Waals surface area contributed by atoms with Gasteiger partial charge in [0.25, 0.3) is 0 Å². The summed E-state index contributed by atoms with van der Waals surface area (Å²) in [5.41, 5.74) is 2.13. The Hall–Kier alpha value is -1.35. The monoisotopic (exact) mass is 416 g/mol. The van der Waals surface area contributed by atoms with Crippen LogP contribution in [-0.2, 0) is 4.79 Å². The number of hydrogen-bond donors (Lipinski definition) is 2. The third-order valence-electron chi connectivity index (χ3n) is 5.85. The van der Waals surface area contributed by atoms with Crippen molar-refractivity contribution in [2.75, 3.05) is 18.4 Å². The molecule has 1 amide bonds. The summed E-state index contributed by atoms with van der Waals surface area (Å²) < 4.78 is 0. The molecule has 2 N–H and O–H groups in total. The van der Waals surface area contributed by atoms with Crippen LogP contribution < -0.4 is 10.6 Å². The lowest BCUT2D eigenvalue weighted by Crippen LogP contribution is -2.29. The molecule has 1 aromatic carbocycles. The van der Waals surface area contributed by atoms with Crippen LogP contribution in [0.25, 0.3) is 0 Å². The first kappa shape index (κ1) is 26.7. The minimum absolute atomic E-state index is 0.0495. The number of anilines is 1. The molecule has 0 aliphatic carbocycles. The van der Waals surface area contributed by atoms with Crippen molar-refractivity contribution in [2.45, 2.75) is 117 Å². The van der Waals surface area contributed by atoms with E-state index in [2.05, 4.69) is 37.5 Å². The van der Waals surface area contributed by atoms with Gasteiger partial charge >= 0.3 is 0 Å². The van der Waals surface area contributed by atoms with Gasteiger partial charge in [0, 0.05) is 5.69 Å². The van der Waals surface area contributed by atoms with Gasteiger partial charge in [0.1, 0.15) is 0 Å². The maximum absolute atomic E-state index is 12.2. The second-order valence-electron chi connectivity index (χ2n) is 9.06. The van der Waals surface area contributed by atoms with E-state index in [4.69, 9.17) is 0 Å². The molecule has 1 aromatic rings. The second-order valence-corrected chi connectivity index (χ2v) is 9.06. The molecule has 3 heteroatoms. The fourth-order valence-electron chi connectivity index (χ4n) is 3.96. The van der Waals surface area contributed by atoms with E-state index in [0.29, 0.717) is 12.5 Å². The molecule has 0 saturated carbocycles. The number of unbranched alkanes of at least 4 members (excludes halogenated alkanes) is 13. The van der Waals surface area contributed by atoms with Crippen molar-refractivity contribution in [1.29, 1.82) is 0 Å². The topological polar surface area (TPSA) is 41.1 Å². The fourth-order valence-corrected chi connectivity index (χ4v) is 3.96. The van der Waals surface area contributed by atoms with E-state index in [1.807, 2.05) is 18.2 Å². The first-order valence-electron chi connectivity index (χ1n) is 12.7. The molecular weight excluding hydrogens is 368 g/mol. The van der Waals surface area contributed by atoms with Crippen molar-refractivity contribution in [2.24, 2.45) is 0 Å². The van der Waals surface area contributed by atoms with Crippen molar-refractivity contribution < 1.29 is 4.79 Å². The largest absolute Gasteiger partial charge is 0.325 e. The van der Waals surface area contributed by atoms with Crippen LogP contribution in [0, 0.1) is 0 Å². The summed E-state index contributed by atoms with van der Waals surface area (Å²) in [4.78, 5) is 12.2. The van der Waals surface area contributed by atoms with Gasteiger partial charge in [-0.15, -0.1) is 0 Å². The molecule has 30 heavy (non-hydrogen) atoms. The Morgan fingerprint density at radius 2 is 1.27 bits per heavy atom. The maximum Gasteiger partial charge on any atom is 0.238 e. The lowest BCUT2D eigenvalue weighted by atomic mass is 10.0. The number of para-hydroxylation sites is 1. The van der Waals surface area contributed by atoms with Crippen molar-refractivity contribution >= 4 is 11.6 Å². The number of carbonyl (C=O) groups is 1. The van der Waals surface area contributed by atoms with Gasteiger partial charge in [-0.05, 0) is 30.5 Å². The molecular formula is C27H48N2O. The number of carbonyl (C=O) groups excluding carboxylic acids is 1. The van der Waals surface area contributed by atoms with E-state index in [-0.39, 0.29) is 5.91 Å². The summed E-state index contributed by atoms with van der Waals surface area (Å²) >= 11 is 0. The molecule has 0 heterocycles. The van der Waals surface area contributed by atoms with Gasteiger partial charge in [-0.25, -0.2) is 0 Å². The number of nitrogens with one attached hydrogen (secondary N) is 2. The zero-order valence-electron chi connectivity index (χ0n) is 20.1. The molecule has 0 radical (unpaired) electrons. The molecule has 0 aliphatic rings. The van der Waals surface area contributed by atoms with Crippen molar-refractivity contribution in [1.82, 2.24) is 5.32 Å². The molecule has 0 aromatic heterocycles. The highest BCUT2D eigenvalue weighted by Gasteiger charge is 2.08. The third kappa shape index (κ3) is 13.8. The number of benzene rings is 1. The highest BCUT2D eigenvalue weighted by atomic mass is 16.1. The molecule has 0 unspecified atom stereocenters. The Labute approximate surface area is 186 Å². The highest BCUT2D eigenvalue weighted by molar-refractivity contribution is 5.93. The minimum atomic E-state index is 0.0495. The van der Waals surface area contributed by atoms with E-state index < -0.39 is 0 Å². The standard InChI is InChI=1S/C27H48N2O/c1-4-5-6-7-8-9-10-11-12-13-14-15-16-19-22-28-23-27(30)29-26-21-18-17-20-25(26)24(2)3/h17-18,20-21,24,28H,4-16,19,22-23H2,1-3H3,(H,29,30). The van der Waals surface area contributed by atoms with Gasteiger partial charge in [0.2, 0.25) is 5.91 Å². The predicted molar refractivity (Wildman–Crippen MR) is 132 cm³/mol. The Morgan fingerprint density at radius 3 is 1.80 bits per heavy atom. The van der Waals surface area contributed by atoms with E-state index in [1.54, 1.807) is 0 Å². The SMILES string of the molecule is CCCCCCCCCCCCCCCCNCC(=O)Nc1ccccc1C(C)C. The highest BCUT2D eigenvalue weighted by Crippen LogP contribution is 2.23. The average molecular weight is 417 g/mol. The zero-order valence-corrected chi connectivity index (χ0v) is 20.1. The van der Waals surface area contributed by atoms with Crippen LogP contribution in [0.1, 0.15) is 122 Å². The molecule has 1 rings (SSSR count). The molecule has 172 valence electrons. The number of hydrogen-bond acceptors (Lipinski definition) is 2. The molecule has 0 spiro atoms. The van der Waals surface area contributed by atoms with E-state index in [1.165, 1.54) is 89.0 Å². The van der Waals surface area contributed by atoms with Crippen LogP contribution in [0.4, 0.5) is 5.69 Å². The minimum Gasteiger partial charge on any atom is -0.325 e. The van der Waals surface area contributed by atoms with Gasteiger partial charge in [0.15, 0.2) is 0 Å². The van der Waals surface area contributed by atoms with Gasteiger partial charge in [0.05, 0.1) is 6.54 Å². The van der Waals surface area contributed by atoms with Crippen LogP contribution in [0.15, 0.2) is 24.3 Å². The van der Waals surface area contributed by atoms with Crippen molar-refractivity contribution in [3.63, 3.8) is 0 Å². The lowest BCUT2D eigenvalue weighted by Gasteiger charge is -2.13. The summed E-state index contributed by atoms with van der Waals surface area (Å²) in [5.74, 6) is 0.457. The van der Waals surface area contributed by atoms with Crippen molar-refractivity contribution in [3.05, 3.63) is 29.8 Å². The second kappa shape index (κ2) is 18.4. The van der Waals surface area contributed by atoms with Gasteiger partial charge in [-0.2, -0.15) is 0 Å². The lowest BCUT2D eigenvalue weighted by molar-refractivity contribution is -0.115. The smallest absolute Gasteiger partial charge is 0.238 e. The van der Waals surface area contributed by atoms with E-state index >= 15 is 0 Å².